The predicted molar refractivity (Wildman–Crippen MR) is 354 cm³/mol. The summed E-state index contributed by atoms with van der Waals surface area (Å²) in [6.45, 7) is 3.45. The van der Waals surface area contributed by atoms with Gasteiger partial charge in [0.15, 0.2) is 0 Å². The van der Waals surface area contributed by atoms with Crippen LogP contribution in [0.25, 0.3) is 16.8 Å². The minimum atomic E-state index is -0.346. The molecule has 3 fully saturated rings. The van der Waals surface area contributed by atoms with E-state index in [1.807, 2.05) is 95.9 Å². The van der Waals surface area contributed by atoms with Crippen LogP contribution in [0.1, 0.15) is 120 Å². The number of carbonyl (C=O) groups excluding carboxylic acids is 4. The van der Waals surface area contributed by atoms with Crippen molar-refractivity contribution < 1.29 is 19.2 Å². The average Bonchev–Trinajstić information content (AvgIpc) is 4.14. The maximum Gasteiger partial charge on any atom is 0.251 e. The van der Waals surface area contributed by atoms with Crippen molar-refractivity contribution in [1.82, 2.24) is 31.1 Å². The van der Waals surface area contributed by atoms with Crippen LogP contribution in [0.5, 0.6) is 0 Å². The number of hydrogen-bond acceptors (Lipinski definition) is 6. The molecule has 1 aliphatic carbocycles. The molecule has 0 radical (unpaired) electrons. The lowest BCUT2D eigenvalue weighted by atomic mass is 9.85. The first-order valence-corrected chi connectivity index (χ1v) is 31.9. The molecule has 8 aromatic rings. The van der Waals surface area contributed by atoms with Crippen molar-refractivity contribution in [1.29, 1.82) is 0 Å². The Morgan fingerprint density at radius 1 is 0.506 bits per heavy atom. The first kappa shape index (κ1) is 61.9. The van der Waals surface area contributed by atoms with Crippen molar-refractivity contribution >= 4 is 52.1 Å². The van der Waals surface area contributed by atoms with E-state index in [4.69, 9.17) is 11.6 Å². The molecule has 448 valence electrons. The third-order valence-electron chi connectivity index (χ3n) is 17.7. The number of nitrogens with one attached hydrogen (secondary N) is 4. The molecule has 1 saturated carbocycles. The lowest BCUT2D eigenvalue weighted by Gasteiger charge is -2.30. The van der Waals surface area contributed by atoms with Gasteiger partial charge in [0.2, 0.25) is 17.7 Å². The molecule has 0 aromatic heterocycles. The van der Waals surface area contributed by atoms with Gasteiger partial charge in [-0.05, 0) is 119 Å². The smallest absolute Gasteiger partial charge is 0.251 e. The highest BCUT2D eigenvalue weighted by atomic mass is 35.5. The molecular weight excluding hydrogens is 1100 g/mol. The number of rotatable bonds is 21. The van der Waals surface area contributed by atoms with E-state index >= 15 is 0 Å². The van der Waals surface area contributed by atoms with Crippen molar-refractivity contribution in [2.24, 2.45) is 5.92 Å². The van der Waals surface area contributed by atoms with E-state index in [1.54, 1.807) is 18.2 Å². The average molecular weight is 1180 g/mol. The molecule has 11 rings (SSSR count). The van der Waals surface area contributed by atoms with Gasteiger partial charge in [-0.2, -0.15) is 0 Å². The number of carbonyl (C=O) groups is 4. The summed E-state index contributed by atoms with van der Waals surface area (Å²) in [6.07, 6.45) is 14.7. The van der Waals surface area contributed by atoms with Crippen molar-refractivity contribution in [3.05, 3.63) is 268 Å². The molecule has 4 atom stereocenters. The first-order chi connectivity index (χ1) is 42.7. The molecule has 2 saturated heterocycles. The Hall–Kier alpha value is -8.15. The summed E-state index contributed by atoms with van der Waals surface area (Å²) in [5, 5.41) is 16.4. The molecule has 4 amide bonds. The van der Waals surface area contributed by atoms with E-state index in [9.17, 15) is 19.2 Å². The Morgan fingerprint density at radius 3 is 1.51 bits per heavy atom. The van der Waals surface area contributed by atoms with E-state index in [2.05, 4.69) is 141 Å². The lowest BCUT2D eigenvalue weighted by molar-refractivity contribution is -0.133. The van der Waals surface area contributed by atoms with E-state index in [0.717, 1.165) is 48.4 Å². The monoisotopic (exact) mass is 1180 g/mol. The fourth-order valence-corrected chi connectivity index (χ4v) is 12.9. The highest BCUT2D eigenvalue weighted by Gasteiger charge is 2.35. The molecule has 3 aliphatic rings. The van der Waals surface area contributed by atoms with Crippen molar-refractivity contribution in [2.75, 3.05) is 39.3 Å². The molecular formula is C76H83ClN6O4. The second kappa shape index (κ2) is 32.0. The minimum absolute atomic E-state index is 0.0246. The lowest BCUT2D eigenvalue weighted by Crippen LogP contribution is -2.49. The molecule has 87 heavy (non-hydrogen) atoms. The van der Waals surface area contributed by atoms with Crippen LogP contribution in [0.2, 0.25) is 5.02 Å². The number of aryl methyl sites for hydroxylation is 1. The van der Waals surface area contributed by atoms with Gasteiger partial charge < -0.3 is 31.1 Å². The van der Waals surface area contributed by atoms with Crippen LogP contribution in [-0.2, 0) is 20.8 Å². The van der Waals surface area contributed by atoms with Crippen LogP contribution in [0.15, 0.2) is 224 Å². The third-order valence-corrected chi connectivity index (χ3v) is 17.9. The fourth-order valence-electron chi connectivity index (χ4n) is 12.8. The Labute approximate surface area is 519 Å². The van der Waals surface area contributed by atoms with Crippen LogP contribution in [0.4, 0.5) is 0 Å². The normalized spacial score (nSPS) is 18.5. The van der Waals surface area contributed by atoms with E-state index in [0.29, 0.717) is 62.2 Å². The van der Waals surface area contributed by atoms with Gasteiger partial charge in [0.25, 0.3) is 5.91 Å². The van der Waals surface area contributed by atoms with E-state index < -0.39 is 0 Å². The highest BCUT2D eigenvalue weighted by Crippen LogP contribution is 2.32. The largest absolute Gasteiger partial charge is 0.351 e. The minimum Gasteiger partial charge on any atom is -0.351 e. The summed E-state index contributed by atoms with van der Waals surface area (Å²) in [7, 11) is 0. The number of fused-ring (bicyclic) bond motifs is 1. The van der Waals surface area contributed by atoms with Gasteiger partial charge in [0.1, 0.15) is 0 Å². The molecule has 4 N–H and O–H groups in total. The molecule has 0 spiro atoms. The van der Waals surface area contributed by atoms with Gasteiger partial charge in [0.05, 0.1) is 12.1 Å². The van der Waals surface area contributed by atoms with Crippen molar-refractivity contribution in [2.45, 2.75) is 107 Å². The summed E-state index contributed by atoms with van der Waals surface area (Å²) in [5.41, 5.74) is 7.60. The standard InChI is InChI=1S/C39H45N3O2.C37H38ClN3O2/c43-38(34-22-21-30-14-10-11-19-33(30)26-34)40-27-35-24-25-42(39(44)37(41-35)23-20-29-12-4-1-5-13-29)28-36(31-15-6-2-7-16-31)32-17-8-3-9-18-32;38-32-20-16-29(17-21-32)19-23-36(42)39-26-33-24-25-41(37(43)35(40-33)22-18-28-10-4-1-5-11-28)27-34(30-12-6-2-7-13-30)31-14-8-3-9-15-31/h2-3,6-11,14-19,21-22,26,29,35-37,41H,1,4-5,12-13,20,23-25,27-28H2,(H,40,43);1-17,19-21,23,33-35,40H,18,22,24-27H2,(H,39,42)/b;23-19+/t35-,37-;33-,35-/m00/s1. The predicted octanol–water partition coefficient (Wildman–Crippen LogP) is 13.8. The van der Waals surface area contributed by atoms with E-state index in [1.165, 1.54) is 66.0 Å². The Kier molecular flexibility index (Phi) is 22.8. The number of benzene rings is 8. The molecule has 0 bridgehead atoms. The maximum atomic E-state index is 14.2. The number of nitrogens with zero attached hydrogens (tertiary/aromatic N) is 2. The molecule has 0 unspecified atom stereocenters. The van der Waals surface area contributed by atoms with Crippen LogP contribution >= 0.6 is 11.6 Å². The summed E-state index contributed by atoms with van der Waals surface area (Å²) in [4.78, 5) is 58.3. The topological polar surface area (TPSA) is 123 Å². The zero-order valence-electron chi connectivity index (χ0n) is 49.9. The van der Waals surface area contributed by atoms with Gasteiger partial charge in [-0.1, -0.05) is 238 Å². The van der Waals surface area contributed by atoms with Gasteiger partial charge in [-0.15, -0.1) is 0 Å². The second-order valence-corrected chi connectivity index (χ2v) is 24.2. The van der Waals surface area contributed by atoms with Crippen molar-refractivity contribution in [3.63, 3.8) is 0 Å². The quantitative estimate of drug-likeness (QED) is 0.0532. The molecule has 2 aliphatic heterocycles. The Bertz CT molecular complexity index is 3380. The van der Waals surface area contributed by atoms with Crippen LogP contribution in [0, 0.1) is 5.92 Å². The number of amides is 4. The third kappa shape index (κ3) is 18.2. The van der Waals surface area contributed by atoms with Gasteiger partial charge in [-0.25, -0.2) is 0 Å². The van der Waals surface area contributed by atoms with Crippen LogP contribution in [0.3, 0.4) is 0 Å². The summed E-state index contributed by atoms with van der Waals surface area (Å²) < 4.78 is 0. The van der Waals surface area contributed by atoms with Gasteiger partial charge in [-0.3, -0.25) is 19.2 Å². The van der Waals surface area contributed by atoms with Gasteiger partial charge >= 0.3 is 0 Å². The summed E-state index contributed by atoms with van der Waals surface area (Å²) in [5.74, 6) is 0.947. The first-order valence-electron chi connectivity index (χ1n) is 31.5. The molecule has 10 nitrogen and oxygen atoms in total. The molecule has 8 aromatic carbocycles. The summed E-state index contributed by atoms with van der Waals surface area (Å²) >= 11 is 5.97. The van der Waals surface area contributed by atoms with Crippen LogP contribution < -0.4 is 21.3 Å². The SMILES string of the molecule is O=C(/C=C/c1ccc(Cl)cc1)NC[C@@H]1CCN(CC(c2ccccc2)c2ccccc2)C(=O)[C@H](CCc2ccccc2)N1.O=C(NC[C@@H]1CCN(CC(c2ccccc2)c2ccccc2)C(=O)[C@H](CCC2CCCCC2)N1)c1ccc2ccccc2c1. The zero-order chi connectivity index (χ0) is 60.0. The number of halogens is 1. The number of hydrogen-bond donors (Lipinski definition) is 4. The summed E-state index contributed by atoms with van der Waals surface area (Å²) in [6, 6.07) is 72.9. The van der Waals surface area contributed by atoms with Crippen molar-refractivity contribution in [3.8, 4) is 0 Å². The Morgan fingerprint density at radius 2 is 0.977 bits per heavy atom. The van der Waals surface area contributed by atoms with Crippen LogP contribution in [-0.4, -0.2) is 96.9 Å². The van der Waals surface area contributed by atoms with Gasteiger partial charge in [0, 0.05) is 79.9 Å². The zero-order valence-corrected chi connectivity index (χ0v) is 50.7. The Balaban J connectivity index is 0.000000193. The fraction of sp³-hybridized carbons (Fsp3) is 0.316. The van der Waals surface area contributed by atoms with E-state index in [-0.39, 0.29) is 59.6 Å². The molecule has 11 heteroatoms. The highest BCUT2D eigenvalue weighted by molar-refractivity contribution is 6.30. The molecule has 2 heterocycles. The second-order valence-electron chi connectivity index (χ2n) is 23.7. The maximum absolute atomic E-state index is 14.2.